The minimum Gasteiger partial charge on any atom is -0.358 e. The zero-order chi connectivity index (χ0) is 10.2. The lowest BCUT2D eigenvalue weighted by molar-refractivity contribution is 0.512. The van der Waals surface area contributed by atoms with Gasteiger partial charge in [-0.3, -0.25) is 0 Å². The van der Waals surface area contributed by atoms with Gasteiger partial charge in [0.15, 0.2) is 0 Å². The maximum absolute atomic E-state index is 5.97. The van der Waals surface area contributed by atoms with Gasteiger partial charge in [0.2, 0.25) is 0 Å². The molecule has 2 rings (SSSR count). The summed E-state index contributed by atoms with van der Waals surface area (Å²) in [5.41, 5.74) is 8.21. The van der Waals surface area contributed by atoms with Crippen LogP contribution in [0.4, 0.5) is 0 Å². The van der Waals surface area contributed by atoms with Crippen LogP contribution in [0.1, 0.15) is 19.5 Å². The first kappa shape index (κ1) is 12.1. The summed E-state index contributed by atoms with van der Waals surface area (Å²) in [6.07, 6.45) is 0.877. The van der Waals surface area contributed by atoms with Gasteiger partial charge in [-0.25, -0.2) is 0 Å². The van der Waals surface area contributed by atoms with Crippen molar-refractivity contribution in [2.45, 2.75) is 25.8 Å². The maximum atomic E-state index is 5.97. The number of rotatable bonds is 2. The van der Waals surface area contributed by atoms with E-state index in [0.717, 1.165) is 6.42 Å². The molecule has 1 heterocycles. The van der Waals surface area contributed by atoms with Gasteiger partial charge in [0.05, 0.1) is 0 Å². The minimum absolute atomic E-state index is 0. The smallest absolute Gasteiger partial charge is 0.0456 e. The van der Waals surface area contributed by atoms with Crippen LogP contribution in [-0.2, 0) is 6.42 Å². The van der Waals surface area contributed by atoms with Gasteiger partial charge in [0.25, 0.3) is 0 Å². The number of para-hydroxylation sites is 1. The van der Waals surface area contributed by atoms with Crippen LogP contribution in [0.2, 0.25) is 0 Å². The van der Waals surface area contributed by atoms with Gasteiger partial charge in [0.1, 0.15) is 0 Å². The number of H-pyrrole nitrogens is 1. The fourth-order valence-corrected chi connectivity index (χ4v) is 1.72. The SMILES string of the molecule is CC(C)(N)Cc1cc2ccccc2[nH]1.Cl. The quantitative estimate of drug-likeness (QED) is 0.810. The molecule has 2 aromatic rings. The molecule has 0 spiro atoms. The molecule has 0 aliphatic rings. The topological polar surface area (TPSA) is 41.8 Å². The number of hydrogen-bond donors (Lipinski definition) is 2. The molecule has 15 heavy (non-hydrogen) atoms. The van der Waals surface area contributed by atoms with Crippen LogP contribution in [0.25, 0.3) is 10.9 Å². The predicted molar refractivity (Wildman–Crippen MR) is 67.5 cm³/mol. The van der Waals surface area contributed by atoms with Crippen LogP contribution < -0.4 is 5.73 Å². The molecule has 0 unspecified atom stereocenters. The number of fused-ring (bicyclic) bond motifs is 1. The lowest BCUT2D eigenvalue weighted by Gasteiger charge is -2.16. The van der Waals surface area contributed by atoms with Crippen molar-refractivity contribution < 1.29 is 0 Å². The normalized spacial score (nSPS) is 11.4. The van der Waals surface area contributed by atoms with Gasteiger partial charge in [0, 0.05) is 23.2 Å². The highest BCUT2D eigenvalue weighted by Crippen LogP contribution is 2.17. The summed E-state index contributed by atoms with van der Waals surface area (Å²) in [4.78, 5) is 3.37. The first-order chi connectivity index (χ1) is 6.54. The monoisotopic (exact) mass is 224 g/mol. The third-order valence-electron chi connectivity index (χ3n) is 2.23. The van der Waals surface area contributed by atoms with E-state index in [4.69, 9.17) is 5.73 Å². The molecule has 1 aromatic heterocycles. The molecule has 0 atom stereocenters. The van der Waals surface area contributed by atoms with Crippen LogP contribution >= 0.6 is 12.4 Å². The van der Waals surface area contributed by atoms with Crippen molar-refractivity contribution >= 4 is 23.3 Å². The maximum Gasteiger partial charge on any atom is 0.0456 e. The van der Waals surface area contributed by atoms with Crippen molar-refractivity contribution in [2.75, 3.05) is 0 Å². The number of benzene rings is 1. The number of halogens is 1. The van der Waals surface area contributed by atoms with Gasteiger partial charge in [-0.1, -0.05) is 18.2 Å². The van der Waals surface area contributed by atoms with E-state index in [0.29, 0.717) is 0 Å². The molecule has 0 aliphatic heterocycles. The Hall–Kier alpha value is -0.990. The second-order valence-corrected chi connectivity index (χ2v) is 4.55. The zero-order valence-corrected chi connectivity index (χ0v) is 9.90. The Labute approximate surface area is 96.3 Å². The van der Waals surface area contributed by atoms with E-state index in [-0.39, 0.29) is 17.9 Å². The van der Waals surface area contributed by atoms with Crippen molar-refractivity contribution in [1.82, 2.24) is 4.98 Å². The van der Waals surface area contributed by atoms with Crippen LogP contribution in [0.15, 0.2) is 30.3 Å². The van der Waals surface area contributed by atoms with E-state index in [2.05, 4.69) is 23.2 Å². The van der Waals surface area contributed by atoms with Crippen LogP contribution in [0, 0.1) is 0 Å². The van der Waals surface area contributed by atoms with Crippen molar-refractivity contribution in [3.8, 4) is 0 Å². The highest BCUT2D eigenvalue weighted by molar-refractivity contribution is 5.85. The standard InChI is InChI=1S/C12H16N2.ClH/c1-12(2,13)8-10-7-9-5-3-4-6-11(9)14-10;/h3-7,14H,8,13H2,1-2H3;1H. The Kier molecular flexibility index (Phi) is 3.42. The molecule has 3 N–H and O–H groups in total. The Morgan fingerprint density at radius 2 is 1.93 bits per heavy atom. The van der Waals surface area contributed by atoms with Crippen molar-refractivity contribution in [3.05, 3.63) is 36.0 Å². The molecule has 0 radical (unpaired) electrons. The lowest BCUT2D eigenvalue weighted by atomic mass is 10.0. The summed E-state index contributed by atoms with van der Waals surface area (Å²) in [6, 6.07) is 10.5. The number of nitrogens with two attached hydrogens (primary N) is 1. The van der Waals surface area contributed by atoms with Gasteiger partial charge in [-0.15, -0.1) is 12.4 Å². The van der Waals surface area contributed by atoms with Crippen LogP contribution in [0.5, 0.6) is 0 Å². The molecular weight excluding hydrogens is 208 g/mol. The molecule has 0 aliphatic carbocycles. The molecule has 0 saturated carbocycles. The third kappa shape index (κ3) is 2.98. The number of aromatic nitrogens is 1. The van der Waals surface area contributed by atoms with Crippen molar-refractivity contribution in [3.63, 3.8) is 0 Å². The second-order valence-electron chi connectivity index (χ2n) is 4.55. The highest BCUT2D eigenvalue weighted by Gasteiger charge is 2.12. The molecular formula is C12H17ClN2. The summed E-state index contributed by atoms with van der Waals surface area (Å²) in [7, 11) is 0. The number of hydrogen-bond acceptors (Lipinski definition) is 1. The molecule has 0 bridgehead atoms. The molecule has 1 aromatic carbocycles. The Morgan fingerprint density at radius 3 is 2.53 bits per heavy atom. The largest absolute Gasteiger partial charge is 0.358 e. The van der Waals surface area contributed by atoms with E-state index in [9.17, 15) is 0 Å². The lowest BCUT2D eigenvalue weighted by Crippen LogP contribution is -2.34. The van der Waals surface area contributed by atoms with Crippen LogP contribution in [0.3, 0.4) is 0 Å². The first-order valence-electron chi connectivity index (χ1n) is 4.90. The third-order valence-corrected chi connectivity index (χ3v) is 2.23. The Balaban J connectivity index is 0.00000112. The van der Waals surface area contributed by atoms with Crippen molar-refractivity contribution in [1.29, 1.82) is 0 Å². The van der Waals surface area contributed by atoms with E-state index in [1.165, 1.54) is 16.6 Å². The van der Waals surface area contributed by atoms with E-state index < -0.39 is 0 Å². The van der Waals surface area contributed by atoms with Gasteiger partial charge in [-0.2, -0.15) is 0 Å². The van der Waals surface area contributed by atoms with E-state index >= 15 is 0 Å². The second kappa shape index (κ2) is 4.25. The fraction of sp³-hybridized carbons (Fsp3) is 0.333. The number of aromatic amines is 1. The summed E-state index contributed by atoms with van der Waals surface area (Å²) in [5.74, 6) is 0. The van der Waals surface area contributed by atoms with Gasteiger partial charge in [-0.05, 0) is 31.4 Å². The summed E-state index contributed by atoms with van der Waals surface area (Å²) in [6.45, 7) is 4.08. The first-order valence-corrected chi connectivity index (χ1v) is 4.90. The zero-order valence-electron chi connectivity index (χ0n) is 9.08. The van der Waals surface area contributed by atoms with Crippen molar-refractivity contribution in [2.24, 2.45) is 5.73 Å². The number of nitrogens with one attached hydrogen (secondary N) is 1. The summed E-state index contributed by atoms with van der Waals surface area (Å²) in [5, 5.41) is 1.26. The molecule has 0 saturated heterocycles. The minimum atomic E-state index is -0.152. The van der Waals surface area contributed by atoms with E-state index in [1.54, 1.807) is 0 Å². The average molecular weight is 225 g/mol. The molecule has 2 nitrogen and oxygen atoms in total. The fourth-order valence-electron chi connectivity index (χ4n) is 1.72. The summed E-state index contributed by atoms with van der Waals surface area (Å²) >= 11 is 0. The summed E-state index contributed by atoms with van der Waals surface area (Å²) < 4.78 is 0. The average Bonchev–Trinajstić information content (AvgIpc) is 2.42. The van der Waals surface area contributed by atoms with Crippen LogP contribution in [-0.4, -0.2) is 10.5 Å². The Morgan fingerprint density at radius 1 is 1.27 bits per heavy atom. The highest BCUT2D eigenvalue weighted by atomic mass is 35.5. The molecule has 0 amide bonds. The molecule has 3 heteroatoms. The van der Waals surface area contributed by atoms with Gasteiger partial charge >= 0.3 is 0 Å². The van der Waals surface area contributed by atoms with Gasteiger partial charge < -0.3 is 10.7 Å². The Bertz CT molecular complexity index is 407. The van der Waals surface area contributed by atoms with E-state index in [1.807, 2.05) is 26.0 Å². The molecule has 82 valence electrons. The predicted octanol–water partition coefficient (Wildman–Crippen LogP) is 2.87. The molecule has 0 fully saturated rings.